The first-order chi connectivity index (χ1) is 10.3. The number of nitrogens with one attached hydrogen (secondary N) is 1. The molecule has 2 heterocycles. The van der Waals surface area contributed by atoms with E-state index in [9.17, 15) is 0 Å². The number of benzene rings is 1. The van der Waals surface area contributed by atoms with E-state index >= 15 is 0 Å². The Bertz CT molecular complexity index is 454. The number of para-hydroxylation sites is 1. The molecule has 1 aromatic carbocycles. The summed E-state index contributed by atoms with van der Waals surface area (Å²) in [6.45, 7) is 9.15. The van der Waals surface area contributed by atoms with E-state index in [4.69, 9.17) is 4.74 Å². The molecule has 2 aliphatic rings. The maximum atomic E-state index is 5.76. The van der Waals surface area contributed by atoms with Crippen molar-refractivity contribution in [1.29, 1.82) is 0 Å². The van der Waals surface area contributed by atoms with Crippen molar-refractivity contribution in [1.82, 2.24) is 10.2 Å². The second-order valence-electron chi connectivity index (χ2n) is 6.69. The molecule has 116 valence electrons. The van der Waals surface area contributed by atoms with Crippen molar-refractivity contribution in [3.8, 4) is 5.75 Å². The van der Waals surface area contributed by atoms with E-state index < -0.39 is 0 Å². The third-order valence-electron chi connectivity index (χ3n) is 4.91. The number of nitrogens with zero attached hydrogens (tertiary/aromatic N) is 1. The van der Waals surface area contributed by atoms with Crippen molar-refractivity contribution >= 4 is 0 Å². The van der Waals surface area contributed by atoms with Gasteiger partial charge in [0.1, 0.15) is 5.75 Å². The molecule has 1 N–H and O–H groups in total. The van der Waals surface area contributed by atoms with Crippen LogP contribution >= 0.6 is 0 Å². The van der Waals surface area contributed by atoms with E-state index in [0.29, 0.717) is 18.0 Å². The van der Waals surface area contributed by atoms with Gasteiger partial charge in [-0.15, -0.1) is 0 Å². The fourth-order valence-electron chi connectivity index (χ4n) is 3.68. The molecule has 1 fully saturated rings. The molecule has 1 aromatic rings. The molecule has 1 saturated heterocycles. The molecule has 0 aromatic heterocycles. The van der Waals surface area contributed by atoms with Gasteiger partial charge in [-0.2, -0.15) is 0 Å². The summed E-state index contributed by atoms with van der Waals surface area (Å²) in [7, 11) is 0. The number of rotatable bonds is 5. The Morgan fingerprint density at radius 2 is 2.00 bits per heavy atom. The molecule has 0 aliphatic carbocycles. The monoisotopic (exact) mass is 288 g/mol. The van der Waals surface area contributed by atoms with Crippen molar-refractivity contribution < 1.29 is 4.74 Å². The zero-order valence-electron chi connectivity index (χ0n) is 13.3. The molecule has 2 unspecified atom stereocenters. The van der Waals surface area contributed by atoms with Crippen LogP contribution in [-0.4, -0.2) is 37.2 Å². The van der Waals surface area contributed by atoms with Crippen molar-refractivity contribution in [2.24, 2.45) is 5.92 Å². The van der Waals surface area contributed by atoms with E-state index in [1.807, 2.05) is 0 Å². The third-order valence-corrected chi connectivity index (χ3v) is 4.91. The van der Waals surface area contributed by atoms with Gasteiger partial charge in [-0.1, -0.05) is 32.0 Å². The minimum absolute atomic E-state index is 0.443. The van der Waals surface area contributed by atoms with Crippen LogP contribution in [0.3, 0.4) is 0 Å². The summed E-state index contributed by atoms with van der Waals surface area (Å²) in [6.07, 6.45) is 3.80. The molecule has 0 bridgehead atoms. The Morgan fingerprint density at radius 1 is 1.24 bits per heavy atom. The lowest BCUT2D eigenvalue weighted by Gasteiger charge is -2.34. The SMILES string of the molecule is CC(C)C(CNC1CCOc2ccccc21)N1CCCC1. The molecule has 3 nitrogen and oxygen atoms in total. The van der Waals surface area contributed by atoms with Gasteiger partial charge >= 0.3 is 0 Å². The number of hydrogen-bond acceptors (Lipinski definition) is 3. The van der Waals surface area contributed by atoms with Crippen LogP contribution in [0.1, 0.15) is 44.7 Å². The van der Waals surface area contributed by atoms with Gasteiger partial charge in [-0.05, 0) is 37.9 Å². The zero-order chi connectivity index (χ0) is 14.7. The minimum Gasteiger partial charge on any atom is -0.493 e. The van der Waals surface area contributed by atoms with Crippen LogP contribution < -0.4 is 10.1 Å². The van der Waals surface area contributed by atoms with Gasteiger partial charge in [0, 0.05) is 30.6 Å². The molecule has 2 aliphatic heterocycles. The lowest BCUT2D eigenvalue weighted by molar-refractivity contribution is 0.174. The Morgan fingerprint density at radius 3 is 2.76 bits per heavy atom. The maximum Gasteiger partial charge on any atom is 0.124 e. The summed E-state index contributed by atoms with van der Waals surface area (Å²) < 4.78 is 5.76. The van der Waals surface area contributed by atoms with E-state index in [1.54, 1.807) is 0 Å². The topological polar surface area (TPSA) is 24.5 Å². The lowest BCUT2D eigenvalue weighted by Crippen LogP contribution is -2.45. The number of hydrogen-bond donors (Lipinski definition) is 1. The molecule has 0 radical (unpaired) electrons. The molecule has 0 amide bonds. The van der Waals surface area contributed by atoms with Crippen LogP contribution in [0.2, 0.25) is 0 Å². The molecule has 2 atom stereocenters. The fraction of sp³-hybridized carbons (Fsp3) is 0.667. The van der Waals surface area contributed by atoms with Gasteiger partial charge in [0.2, 0.25) is 0 Å². The Hall–Kier alpha value is -1.06. The summed E-state index contributed by atoms with van der Waals surface area (Å²) >= 11 is 0. The Kier molecular flexibility index (Phi) is 4.81. The molecular weight excluding hydrogens is 260 g/mol. The van der Waals surface area contributed by atoms with E-state index in [0.717, 1.165) is 25.3 Å². The van der Waals surface area contributed by atoms with Crippen molar-refractivity contribution in [3.05, 3.63) is 29.8 Å². The average Bonchev–Trinajstić information content (AvgIpc) is 3.01. The molecular formula is C18H28N2O. The zero-order valence-corrected chi connectivity index (χ0v) is 13.3. The number of likely N-dealkylation sites (tertiary alicyclic amines) is 1. The van der Waals surface area contributed by atoms with Crippen LogP contribution in [0, 0.1) is 5.92 Å². The summed E-state index contributed by atoms with van der Waals surface area (Å²) in [4.78, 5) is 2.67. The molecule has 0 saturated carbocycles. The maximum absolute atomic E-state index is 5.76. The highest BCUT2D eigenvalue weighted by atomic mass is 16.5. The molecule has 3 heteroatoms. The largest absolute Gasteiger partial charge is 0.493 e. The van der Waals surface area contributed by atoms with Gasteiger partial charge in [0.15, 0.2) is 0 Å². The molecule has 3 rings (SSSR count). The van der Waals surface area contributed by atoms with Crippen molar-refractivity contribution in [2.45, 2.75) is 45.2 Å². The first kappa shape index (κ1) is 14.9. The van der Waals surface area contributed by atoms with Gasteiger partial charge < -0.3 is 10.1 Å². The summed E-state index contributed by atoms with van der Waals surface area (Å²) in [6, 6.07) is 9.56. The van der Waals surface area contributed by atoms with Crippen LogP contribution in [0.25, 0.3) is 0 Å². The second kappa shape index (κ2) is 6.80. The first-order valence-corrected chi connectivity index (χ1v) is 8.45. The van der Waals surface area contributed by atoms with Gasteiger partial charge in [-0.3, -0.25) is 4.90 Å². The second-order valence-corrected chi connectivity index (χ2v) is 6.69. The van der Waals surface area contributed by atoms with Crippen LogP contribution in [-0.2, 0) is 0 Å². The summed E-state index contributed by atoms with van der Waals surface area (Å²) in [5.41, 5.74) is 1.33. The average molecular weight is 288 g/mol. The Labute approximate surface area is 128 Å². The number of fused-ring (bicyclic) bond motifs is 1. The smallest absolute Gasteiger partial charge is 0.124 e. The van der Waals surface area contributed by atoms with E-state index in [1.165, 1.54) is 31.5 Å². The van der Waals surface area contributed by atoms with Gasteiger partial charge in [-0.25, -0.2) is 0 Å². The number of ether oxygens (including phenoxy) is 1. The van der Waals surface area contributed by atoms with Crippen molar-refractivity contribution in [2.75, 3.05) is 26.2 Å². The quantitative estimate of drug-likeness (QED) is 0.900. The minimum atomic E-state index is 0.443. The highest BCUT2D eigenvalue weighted by molar-refractivity contribution is 5.37. The highest BCUT2D eigenvalue weighted by Crippen LogP contribution is 2.31. The highest BCUT2D eigenvalue weighted by Gasteiger charge is 2.27. The lowest BCUT2D eigenvalue weighted by atomic mass is 9.98. The third kappa shape index (κ3) is 3.41. The van der Waals surface area contributed by atoms with E-state index in [2.05, 4.69) is 48.3 Å². The van der Waals surface area contributed by atoms with Gasteiger partial charge in [0.05, 0.1) is 6.61 Å². The predicted molar refractivity (Wildman–Crippen MR) is 86.7 cm³/mol. The summed E-state index contributed by atoms with van der Waals surface area (Å²) in [5.74, 6) is 1.76. The predicted octanol–water partition coefficient (Wildman–Crippen LogP) is 3.22. The first-order valence-electron chi connectivity index (χ1n) is 8.45. The molecule has 0 spiro atoms. The van der Waals surface area contributed by atoms with Gasteiger partial charge in [0.25, 0.3) is 0 Å². The van der Waals surface area contributed by atoms with Crippen LogP contribution in [0.4, 0.5) is 0 Å². The van der Waals surface area contributed by atoms with Crippen LogP contribution in [0.5, 0.6) is 5.75 Å². The van der Waals surface area contributed by atoms with Crippen LogP contribution in [0.15, 0.2) is 24.3 Å². The fourth-order valence-corrected chi connectivity index (χ4v) is 3.68. The summed E-state index contributed by atoms with van der Waals surface area (Å²) in [5, 5.41) is 3.81. The standard InChI is InChI=1S/C18H28N2O/c1-14(2)17(20-10-5-6-11-20)13-19-16-9-12-21-18-8-4-3-7-15(16)18/h3-4,7-8,14,16-17,19H,5-6,9-13H2,1-2H3. The van der Waals surface area contributed by atoms with Crippen molar-refractivity contribution in [3.63, 3.8) is 0 Å². The van der Waals surface area contributed by atoms with E-state index in [-0.39, 0.29) is 0 Å². The Balaban J connectivity index is 1.64. The molecule has 21 heavy (non-hydrogen) atoms. The normalized spacial score (nSPS) is 23.9.